The Morgan fingerprint density at radius 1 is 1.24 bits per heavy atom. The summed E-state index contributed by atoms with van der Waals surface area (Å²) in [5.41, 5.74) is 8.57. The van der Waals surface area contributed by atoms with E-state index in [0.717, 1.165) is 5.56 Å². The number of para-hydroxylation sites is 1. The number of alkyl halides is 3. The molecule has 0 saturated heterocycles. The molecule has 1 amide bonds. The van der Waals surface area contributed by atoms with Crippen molar-refractivity contribution in [1.29, 1.82) is 0 Å². The smallest absolute Gasteiger partial charge is 0.405 e. The summed E-state index contributed by atoms with van der Waals surface area (Å²) in [6, 6.07) is 8.70. The molecule has 0 radical (unpaired) electrons. The number of fused-ring (bicyclic) bond motifs is 2. The zero-order chi connectivity index (χ0) is 27.2. The van der Waals surface area contributed by atoms with Gasteiger partial charge in [-0.3, -0.25) is 14.6 Å². The van der Waals surface area contributed by atoms with Crippen molar-refractivity contribution in [2.45, 2.75) is 32.2 Å². The van der Waals surface area contributed by atoms with Crippen LogP contribution in [0.1, 0.15) is 40.1 Å². The number of nitrogen functional groups attached to an aromatic ring is 1. The minimum atomic E-state index is -5.01. The normalized spacial score (nSPS) is 14.4. The molecule has 1 aliphatic rings. The number of hydrogen-bond donors (Lipinski definition) is 1. The molecule has 1 unspecified atom stereocenters. The molecule has 0 fully saturated rings. The van der Waals surface area contributed by atoms with E-state index in [0.29, 0.717) is 28.9 Å². The zero-order valence-electron chi connectivity index (χ0n) is 19.9. The fourth-order valence-electron chi connectivity index (χ4n) is 4.60. The predicted molar refractivity (Wildman–Crippen MR) is 131 cm³/mol. The molecule has 1 aromatic carbocycles. The van der Waals surface area contributed by atoms with Gasteiger partial charge in [0.1, 0.15) is 5.75 Å². The highest BCUT2D eigenvalue weighted by Crippen LogP contribution is 2.38. The van der Waals surface area contributed by atoms with Gasteiger partial charge in [0.2, 0.25) is 11.2 Å². The summed E-state index contributed by atoms with van der Waals surface area (Å²) < 4.78 is 45.7. The van der Waals surface area contributed by atoms with Crippen LogP contribution in [-0.2, 0) is 17.6 Å². The molecule has 0 aliphatic carbocycles. The summed E-state index contributed by atoms with van der Waals surface area (Å²) in [5, 5.41) is 3.20. The molecule has 0 spiro atoms. The lowest BCUT2D eigenvalue weighted by Gasteiger charge is -2.34. The number of ether oxygens (including phenoxy) is 1. The van der Waals surface area contributed by atoms with E-state index in [4.69, 9.17) is 17.3 Å². The first-order chi connectivity index (χ1) is 18.0. The second-order valence-electron chi connectivity index (χ2n) is 8.75. The van der Waals surface area contributed by atoms with E-state index in [1.54, 1.807) is 37.5 Å². The molecule has 1 aliphatic heterocycles. The summed E-state index contributed by atoms with van der Waals surface area (Å²) in [7, 11) is 0. The lowest BCUT2D eigenvalue weighted by Crippen LogP contribution is -2.40. The molecule has 5 rings (SSSR count). The number of nitrogens with two attached hydrogens (primary N) is 1. The van der Waals surface area contributed by atoms with Gasteiger partial charge in [0.25, 0.3) is 5.91 Å². The number of amides is 1. The Morgan fingerprint density at radius 3 is 2.76 bits per heavy atom. The first-order valence-electron chi connectivity index (χ1n) is 11.5. The van der Waals surface area contributed by atoms with Gasteiger partial charge in [-0.2, -0.15) is 4.98 Å². The molecule has 13 heteroatoms. The summed E-state index contributed by atoms with van der Waals surface area (Å²) >= 11 is 5.45. The molecular formula is C25H20ClF3N6O3. The van der Waals surface area contributed by atoms with Gasteiger partial charge < -0.3 is 15.4 Å². The average molecular weight is 545 g/mol. The van der Waals surface area contributed by atoms with Crippen molar-refractivity contribution in [3.63, 3.8) is 0 Å². The van der Waals surface area contributed by atoms with Crippen LogP contribution >= 0.6 is 11.6 Å². The largest absolute Gasteiger partial charge is 0.573 e. The highest BCUT2D eigenvalue weighted by molar-refractivity contribution is 6.63. The molecule has 0 bridgehead atoms. The van der Waals surface area contributed by atoms with E-state index in [2.05, 4.69) is 19.8 Å². The standard InChI is InChI=1S/C25H20ClF3N6O3/c1-13(17-4-2-3-15(10-20(26)36)22(17)38-25(27,28)29)34-7-6-19-18(23(34)37)9-16(12-31-19)14-5-8-35-21(11-14)32-24(30)33-35/h2-5,8-9,11-13H,6-7,10H2,1H3,(H2,30,33). The first-order valence-corrected chi connectivity index (χ1v) is 11.9. The number of hydrogen-bond acceptors (Lipinski definition) is 7. The van der Waals surface area contributed by atoms with Crippen molar-refractivity contribution in [1.82, 2.24) is 24.5 Å². The summed E-state index contributed by atoms with van der Waals surface area (Å²) in [4.78, 5) is 35.1. The van der Waals surface area contributed by atoms with Gasteiger partial charge in [-0.15, -0.1) is 18.3 Å². The number of carbonyl (C=O) groups excluding carboxylic acids is 2. The minimum absolute atomic E-state index is 0.0232. The van der Waals surface area contributed by atoms with E-state index >= 15 is 0 Å². The third-order valence-electron chi connectivity index (χ3n) is 6.33. The molecule has 4 heterocycles. The number of rotatable bonds is 6. The number of benzene rings is 1. The van der Waals surface area contributed by atoms with Crippen LogP contribution in [0.3, 0.4) is 0 Å². The molecule has 38 heavy (non-hydrogen) atoms. The quantitative estimate of drug-likeness (QED) is 0.359. The number of pyridine rings is 2. The van der Waals surface area contributed by atoms with Gasteiger partial charge in [-0.05, 0) is 42.3 Å². The number of nitrogens with zero attached hydrogens (tertiary/aromatic N) is 5. The van der Waals surface area contributed by atoms with Gasteiger partial charge in [-0.1, -0.05) is 18.2 Å². The van der Waals surface area contributed by atoms with Crippen LogP contribution < -0.4 is 10.5 Å². The van der Waals surface area contributed by atoms with Crippen LogP contribution in [0.2, 0.25) is 0 Å². The second-order valence-corrected chi connectivity index (χ2v) is 9.17. The molecule has 3 aromatic heterocycles. The van der Waals surface area contributed by atoms with Crippen LogP contribution in [0, 0.1) is 0 Å². The van der Waals surface area contributed by atoms with Crippen LogP contribution in [0.4, 0.5) is 19.1 Å². The number of halogens is 4. The Hall–Kier alpha value is -4.19. The summed E-state index contributed by atoms with van der Waals surface area (Å²) in [6.07, 6.45) is -1.73. The molecular weight excluding hydrogens is 525 g/mol. The SMILES string of the molecule is CC(c1cccc(CC(=O)Cl)c1OC(F)(F)F)N1CCc2ncc(-c3ccn4nc(N)nc4c3)cc2C1=O. The van der Waals surface area contributed by atoms with Crippen molar-refractivity contribution < 1.29 is 27.5 Å². The highest BCUT2D eigenvalue weighted by atomic mass is 35.5. The van der Waals surface area contributed by atoms with Gasteiger partial charge >= 0.3 is 6.36 Å². The van der Waals surface area contributed by atoms with Crippen molar-refractivity contribution >= 4 is 34.3 Å². The lowest BCUT2D eigenvalue weighted by atomic mass is 9.95. The fourth-order valence-corrected chi connectivity index (χ4v) is 4.74. The first kappa shape index (κ1) is 25.5. The Kier molecular flexibility index (Phi) is 6.43. The monoisotopic (exact) mass is 544 g/mol. The lowest BCUT2D eigenvalue weighted by molar-refractivity contribution is -0.275. The maximum Gasteiger partial charge on any atom is 0.573 e. The fraction of sp³-hybridized carbons (Fsp3) is 0.240. The maximum atomic E-state index is 13.6. The highest BCUT2D eigenvalue weighted by Gasteiger charge is 2.36. The van der Waals surface area contributed by atoms with E-state index in [9.17, 15) is 22.8 Å². The van der Waals surface area contributed by atoms with E-state index < -0.39 is 35.7 Å². The molecule has 2 N–H and O–H groups in total. The number of anilines is 1. The maximum absolute atomic E-state index is 13.6. The summed E-state index contributed by atoms with van der Waals surface area (Å²) in [5.74, 6) is -0.801. The number of carbonyl (C=O) groups is 2. The van der Waals surface area contributed by atoms with Gasteiger partial charge in [0.05, 0.1) is 23.7 Å². The van der Waals surface area contributed by atoms with Crippen LogP contribution in [0.15, 0.2) is 48.8 Å². The van der Waals surface area contributed by atoms with Gasteiger partial charge in [-0.25, -0.2) is 4.52 Å². The zero-order valence-corrected chi connectivity index (χ0v) is 20.6. The van der Waals surface area contributed by atoms with Crippen molar-refractivity contribution in [3.05, 3.63) is 71.2 Å². The van der Waals surface area contributed by atoms with E-state index in [1.165, 1.54) is 27.6 Å². The van der Waals surface area contributed by atoms with E-state index in [1.807, 2.05) is 0 Å². The molecule has 196 valence electrons. The van der Waals surface area contributed by atoms with Crippen LogP contribution in [0.5, 0.6) is 5.75 Å². The van der Waals surface area contributed by atoms with Crippen LogP contribution in [-0.4, -0.2) is 48.5 Å². The average Bonchev–Trinajstić information content (AvgIpc) is 3.23. The minimum Gasteiger partial charge on any atom is -0.405 e. The third-order valence-corrected chi connectivity index (χ3v) is 6.46. The van der Waals surface area contributed by atoms with Crippen molar-refractivity contribution in [2.24, 2.45) is 0 Å². The summed E-state index contributed by atoms with van der Waals surface area (Å²) in [6.45, 7) is 1.84. The van der Waals surface area contributed by atoms with Gasteiger partial charge in [0, 0.05) is 42.0 Å². The topological polar surface area (TPSA) is 116 Å². The predicted octanol–water partition coefficient (Wildman–Crippen LogP) is 4.34. The molecule has 9 nitrogen and oxygen atoms in total. The Bertz CT molecular complexity index is 1570. The van der Waals surface area contributed by atoms with Crippen molar-refractivity contribution in [2.75, 3.05) is 12.3 Å². The van der Waals surface area contributed by atoms with E-state index in [-0.39, 0.29) is 23.6 Å². The molecule has 0 saturated carbocycles. The Morgan fingerprint density at radius 2 is 2.03 bits per heavy atom. The van der Waals surface area contributed by atoms with Crippen molar-refractivity contribution in [3.8, 4) is 16.9 Å². The van der Waals surface area contributed by atoms with Crippen LogP contribution in [0.25, 0.3) is 16.8 Å². The Labute approximate surface area is 219 Å². The molecule has 4 aromatic rings. The second kappa shape index (κ2) is 9.60. The number of aromatic nitrogens is 4. The third kappa shape index (κ3) is 4.99. The molecule has 1 atom stereocenters. The van der Waals surface area contributed by atoms with Gasteiger partial charge in [0.15, 0.2) is 5.65 Å². The Balaban J connectivity index is 1.49.